The van der Waals surface area contributed by atoms with E-state index in [1.807, 2.05) is 41.3 Å². The SMILES string of the molecule is CCCN(C(=O)CCc1ccco1)c1ccc(CN)cc1. The molecular weight excluding hydrogens is 264 g/mol. The van der Waals surface area contributed by atoms with Gasteiger partial charge in [-0.25, -0.2) is 0 Å². The molecule has 0 fully saturated rings. The number of carbonyl (C=O) groups is 1. The van der Waals surface area contributed by atoms with E-state index in [0.717, 1.165) is 30.0 Å². The molecule has 0 aliphatic rings. The zero-order chi connectivity index (χ0) is 15.1. The number of rotatable bonds is 7. The lowest BCUT2D eigenvalue weighted by Crippen LogP contribution is -2.31. The summed E-state index contributed by atoms with van der Waals surface area (Å²) in [5, 5.41) is 0. The summed E-state index contributed by atoms with van der Waals surface area (Å²) in [5.74, 6) is 0.965. The third-order valence-electron chi connectivity index (χ3n) is 3.40. The largest absolute Gasteiger partial charge is 0.469 e. The van der Waals surface area contributed by atoms with E-state index in [1.165, 1.54) is 0 Å². The number of furan rings is 1. The van der Waals surface area contributed by atoms with Gasteiger partial charge in [-0.1, -0.05) is 19.1 Å². The maximum absolute atomic E-state index is 12.4. The molecular formula is C17H22N2O2. The van der Waals surface area contributed by atoms with Gasteiger partial charge in [-0.05, 0) is 36.2 Å². The molecule has 1 aromatic heterocycles. The number of amides is 1. The molecule has 0 unspecified atom stereocenters. The minimum Gasteiger partial charge on any atom is -0.469 e. The summed E-state index contributed by atoms with van der Waals surface area (Å²) in [6, 6.07) is 11.6. The van der Waals surface area contributed by atoms with Gasteiger partial charge in [0.1, 0.15) is 5.76 Å². The van der Waals surface area contributed by atoms with E-state index in [0.29, 0.717) is 19.4 Å². The first-order valence-electron chi connectivity index (χ1n) is 7.36. The van der Waals surface area contributed by atoms with Crippen molar-refractivity contribution in [3.05, 3.63) is 54.0 Å². The van der Waals surface area contributed by atoms with Crippen molar-refractivity contribution in [2.24, 2.45) is 5.73 Å². The molecule has 0 atom stereocenters. The summed E-state index contributed by atoms with van der Waals surface area (Å²) in [5.41, 5.74) is 7.60. The Morgan fingerprint density at radius 3 is 2.57 bits per heavy atom. The van der Waals surface area contributed by atoms with Gasteiger partial charge in [0, 0.05) is 31.6 Å². The highest BCUT2D eigenvalue weighted by atomic mass is 16.3. The lowest BCUT2D eigenvalue weighted by atomic mass is 10.1. The fourth-order valence-electron chi connectivity index (χ4n) is 2.25. The number of anilines is 1. The van der Waals surface area contributed by atoms with Crippen molar-refractivity contribution in [1.82, 2.24) is 0 Å². The van der Waals surface area contributed by atoms with Gasteiger partial charge < -0.3 is 15.1 Å². The third-order valence-corrected chi connectivity index (χ3v) is 3.40. The number of aryl methyl sites for hydroxylation is 1. The van der Waals surface area contributed by atoms with E-state index in [-0.39, 0.29) is 5.91 Å². The van der Waals surface area contributed by atoms with Crippen molar-refractivity contribution in [1.29, 1.82) is 0 Å². The molecule has 1 aromatic carbocycles. The first kappa shape index (κ1) is 15.3. The van der Waals surface area contributed by atoms with Crippen LogP contribution in [0.25, 0.3) is 0 Å². The van der Waals surface area contributed by atoms with Crippen LogP contribution in [0.15, 0.2) is 47.1 Å². The number of carbonyl (C=O) groups excluding carboxylic acids is 1. The molecule has 4 nitrogen and oxygen atoms in total. The summed E-state index contributed by atoms with van der Waals surface area (Å²) >= 11 is 0. The summed E-state index contributed by atoms with van der Waals surface area (Å²) in [6.07, 6.45) is 3.64. The smallest absolute Gasteiger partial charge is 0.227 e. The van der Waals surface area contributed by atoms with E-state index >= 15 is 0 Å². The van der Waals surface area contributed by atoms with Gasteiger partial charge in [0.25, 0.3) is 0 Å². The summed E-state index contributed by atoms with van der Waals surface area (Å²) in [4.78, 5) is 14.3. The maximum atomic E-state index is 12.4. The standard InChI is InChI=1S/C17H22N2O2/c1-2-11-19(15-7-5-14(13-18)6-8-15)17(20)10-9-16-4-3-12-21-16/h3-8,12H,2,9-11,13,18H2,1H3. The maximum Gasteiger partial charge on any atom is 0.227 e. The van der Waals surface area contributed by atoms with Crippen LogP contribution < -0.4 is 10.6 Å². The molecule has 2 rings (SSSR count). The minimum atomic E-state index is 0.119. The fraction of sp³-hybridized carbons (Fsp3) is 0.353. The molecule has 0 bridgehead atoms. The quantitative estimate of drug-likeness (QED) is 0.850. The first-order chi connectivity index (χ1) is 10.2. The Kier molecular flexibility index (Phi) is 5.58. The van der Waals surface area contributed by atoms with Crippen LogP contribution in [-0.4, -0.2) is 12.5 Å². The van der Waals surface area contributed by atoms with Crippen molar-refractivity contribution >= 4 is 11.6 Å². The van der Waals surface area contributed by atoms with Gasteiger partial charge >= 0.3 is 0 Å². The van der Waals surface area contributed by atoms with E-state index < -0.39 is 0 Å². The highest BCUT2D eigenvalue weighted by Crippen LogP contribution is 2.18. The molecule has 1 heterocycles. The second kappa shape index (κ2) is 7.64. The molecule has 4 heteroatoms. The average molecular weight is 286 g/mol. The van der Waals surface area contributed by atoms with Crippen LogP contribution in [-0.2, 0) is 17.8 Å². The Balaban J connectivity index is 2.03. The minimum absolute atomic E-state index is 0.119. The zero-order valence-corrected chi connectivity index (χ0v) is 12.4. The van der Waals surface area contributed by atoms with Gasteiger partial charge in [0.15, 0.2) is 0 Å². The third kappa shape index (κ3) is 4.20. The van der Waals surface area contributed by atoms with E-state index in [4.69, 9.17) is 10.2 Å². The molecule has 21 heavy (non-hydrogen) atoms. The lowest BCUT2D eigenvalue weighted by molar-refractivity contribution is -0.118. The van der Waals surface area contributed by atoms with Crippen molar-refractivity contribution in [2.45, 2.75) is 32.7 Å². The highest BCUT2D eigenvalue weighted by molar-refractivity contribution is 5.93. The Hall–Kier alpha value is -2.07. The second-order valence-corrected chi connectivity index (χ2v) is 5.00. The number of benzene rings is 1. The molecule has 0 spiro atoms. The predicted octanol–water partition coefficient (Wildman–Crippen LogP) is 3.11. The van der Waals surface area contributed by atoms with E-state index in [2.05, 4.69) is 6.92 Å². The Labute approximate surface area is 125 Å². The molecule has 2 aromatic rings. The van der Waals surface area contributed by atoms with E-state index in [1.54, 1.807) is 6.26 Å². The monoisotopic (exact) mass is 286 g/mol. The Morgan fingerprint density at radius 1 is 1.24 bits per heavy atom. The van der Waals surface area contributed by atoms with Gasteiger partial charge in [-0.15, -0.1) is 0 Å². The lowest BCUT2D eigenvalue weighted by Gasteiger charge is -2.22. The van der Waals surface area contributed by atoms with Gasteiger partial charge in [0.2, 0.25) is 5.91 Å². The number of hydrogen-bond donors (Lipinski definition) is 1. The Morgan fingerprint density at radius 2 is 2.00 bits per heavy atom. The molecule has 0 aliphatic heterocycles. The summed E-state index contributed by atoms with van der Waals surface area (Å²) in [7, 11) is 0. The first-order valence-corrected chi connectivity index (χ1v) is 7.36. The van der Waals surface area contributed by atoms with Crippen LogP contribution >= 0.6 is 0 Å². The van der Waals surface area contributed by atoms with Crippen molar-refractivity contribution in [2.75, 3.05) is 11.4 Å². The average Bonchev–Trinajstić information content (AvgIpc) is 3.04. The highest BCUT2D eigenvalue weighted by Gasteiger charge is 2.15. The van der Waals surface area contributed by atoms with Crippen LogP contribution in [0.3, 0.4) is 0 Å². The molecule has 0 saturated heterocycles. The molecule has 1 amide bonds. The van der Waals surface area contributed by atoms with Crippen molar-refractivity contribution < 1.29 is 9.21 Å². The summed E-state index contributed by atoms with van der Waals surface area (Å²) in [6.45, 7) is 3.31. The van der Waals surface area contributed by atoms with Crippen molar-refractivity contribution in [3.63, 3.8) is 0 Å². The van der Waals surface area contributed by atoms with Crippen LogP contribution in [0.4, 0.5) is 5.69 Å². The summed E-state index contributed by atoms with van der Waals surface area (Å²) < 4.78 is 5.27. The van der Waals surface area contributed by atoms with Gasteiger partial charge in [-0.3, -0.25) is 4.79 Å². The molecule has 2 N–H and O–H groups in total. The normalized spacial score (nSPS) is 10.6. The molecule has 0 radical (unpaired) electrons. The van der Waals surface area contributed by atoms with Gasteiger partial charge in [-0.2, -0.15) is 0 Å². The topological polar surface area (TPSA) is 59.5 Å². The number of nitrogens with two attached hydrogens (primary N) is 1. The van der Waals surface area contributed by atoms with Crippen LogP contribution in [0, 0.1) is 0 Å². The van der Waals surface area contributed by atoms with Crippen LogP contribution in [0.1, 0.15) is 31.1 Å². The van der Waals surface area contributed by atoms with Crippen molar-refractivity contribution in [3.8, 4) is 0 Å². The van der Waals surface area contributed by atoms with Crippen LogP contribution in [0.5, 0.6) is 0 Å². The molecule has 112 valence electrons. The fourth-order valence-corrected chi connectivity index (χ4v) is 2.25. The molecule has 0 saturated carbocycles. The number of nitrogens with zero attached hydrogens (tertiary/aromatic N) is 1. The van der Waals surface area contributed by atoms with E-state index in [9.17, 15) is 4.79 Å². The zero-order valence-electron chi connectivity index (χ0n) is 12.4. The van der Waals surface area contributed by atoms with Gasteiger partial charge in [0.05, 0.1) is 6.26 Å². The number of hydrogen-bond acceptors (Lipinski definition) is 3. The Bertz CT molecular complexity index is 547. The predicted molar refractivity (Wildman–Crippen MR) is 84.0 cm³/mol. The molecule has 0 aliphatic carbocycles. The second-order valence-electron chi connectivity index (χ2n) is 5.00. The van der Waals surface area contributed by atoms with Crippen LogP contribution in [0.2, 0.25) is 0 Å².